The fourth-order valence-corrected chi connectivity index (χ4v) is 2.75. The van der Waals surface area contributed by atoms with Crippen molar-refractivity contribution in [1.29, 1.82) is 0 Å². The largest absolute Gasteiger partial charge is 0.332 e. The molecule has 0 unspecified atom stereocenters. The molecular weight excluding hydrogens is 336 g/mol. The van der Waals surface area contributed by atoms with Gasteiger partial charge in [-0.25, -0.2) is 4.98 Å². The number of rotatable bonds is 4. The zero-order valence-corrected chi connectivity index (χ0v) is 12.6. The Morgan fingerprint density at radius 3 is 2.46 bits per heavy atom. The van der Waals surface area contributed by atoms with Crippen molar-refractivity contribution in [3.8, 4) is 0 Å². The first-order valence-electron chi connectivity index (χ1n) is 6.55. The summed E-state index contributed by atoms with van der Waals surface area (Å²) in [6.45, 7) is 0. The molecule has 0 amide bonds. The van der Waals surface area contributed by atoms with Crippen molar-refractivity contribution in [2.45, 2.75) is 5.16 Å². The summed E-state index contributed by atoms with van der Waals surface area (Å²) in [6.07, 6.45) is 0. The molecule has 10 heteroatoms. The lowest BCUT2D eigenvalue weighted by atomic mass is 10.2. The van der Waals surface area contributed by atoms with E-state index in [2.05, 4.69) is 9.97 Å². The summed E-state index contributed by atoms with van der Waals surface area (Å²) < 4.78 is 0. The van der Waals surface area contributed by atoms with Gasteiger partial charge in [-0.3, -0.25) is 25.0 Å². The summed E-state index contributed by atoms with van der Waals surface area (Å²) in [5, 5.41) is 21.3. The lowest BCUT2D eigenvalue weighted by molar-refractivity contribution is -0.385. The minimum absolute atomic E-state index is 0.0901. The minimum atomic E-state index is -0.582. The highest BCUT2D eigenvalue weighted by Crippen LogP contribution is 2.26. The van der Waals surface area contributed by atoms with Gasteiger partial charge in [-0.15, -0.1) is 0 Å². The number of H-pyrrole nitrogens is 1. The second kappa shape index (κ2) is 6.08. The van der Waals surface area contributed by atoms with Gasteiger partial charge >= 0.3 is 0 Å². The third-order valence-electron chi connectivity index (χ3n) is 3.14. The molecule has 0 radical (unpaired) electrons. The van der Waals surface area contributed by atoms with Gasteiger partial charge in [0.05, 0.1) is 20.9 Å². The number of carbonyl (C=O) groups is 1. The molecule has 1 aromatic heterocycles. The van der Waals surface area contributed by atoms with Crippen molar-refractivity contribution in [2.24, 2.45) is 0 Å². The van der Waals surface area contributed by atoms with Crippen LogP contribution in [0.15, 0.2) is 47.6 Å². The third kappa shape index (κ3) is 3.08. The van der Waals surface area contributed by atoms with E-state index in [1.165, 1.54) is 42.5 Å². The fraction of sp³-hybridized carbons (Fsp3) is 0. The molecule has 120 valence electrons. The van der Waals surface area contributed by atoms with Gasteiger partial charge in [0.15, 0.2) is 5.16 Å². The van der Waals surface area contributed by atoms with E-state index >= 15 is 0 Å². The molecule has 0 fully saturated rings. The van der Waals surface area contributed by atoms with Gasteiger partial charge in [0.1, 0.15) is 0 Å². The maximum Gasteiger partial charge on any atom is 0.271 e. The number of nitrogens with zero attached hydrogens (tertiary/aromatic N) is 3. The number of nitro benzene ring substituents is 2. The summed E-state index contributed by atoms with van der Waals surface area (Å²) in [4.78, 5) is 39.6. The number of thioether (sulfide) groups is 1. The number of hydrogen-bond donors (Lipinski definition) is 1. The van der Waals surface area contributed by atoms with Crippen LogP contribution in [0.25, 0.3) is 11.0 Å². The van der Waals surface area contributed by atoms with E-state index in [1.807, 2.05) is 0 Å². The standard InChI is InChI=1S/C14H8N4O5S/c19-13(8-2-1-3-9(6-8)17(20)21)24-14-15-11-5-4-10(18(22)23)7-12(11)16-14/h1-7H,(H,15,16). The number of aromatic nitrogens is 2. The molecule has 0 saturated carbocycles. The molecule has 0 saturated heterocycles. The number of carbonyl (C=O) groups excluding carboxylic acids is 1. The molecule has 3 aromatic rings. The zero-order chi connectivity index (χ0) is 17.3. The van der Waals surface area contributed by atoms with Crippen LogP contribution in [0.1, 0.15) is 10.4 Å². The van der Waals surface area contributed by atoms with Gasteiger partial charge in [-0.05, 0) is 23.9 Å². The summed E-state index contributed by atoms with van der Waals surface area (Å²) in [5.41, 5.74) is 0.809. The molecule has 0 atom stereocenters. The molecule has 3 rings (SSSR count). The van der Waals surface area contributed by atoms with Gasteiger partial charge in [-0.2, -0.15) is 0 Å². The second-order valence-corrected chi connectivity index (χ2v) is 5.66. The first-order chi connectivity index (χ1) is 11.4. The Hall–Kier alpha value is -3.27. The SMILES string of the molecule is O=C(Sc1nc2ccc([N+](=O)[O-])cc2[nH]1)c1cccc([N+](=O)[O-])c1. The van der Waals surface area contributed by atoms with Gasteiger partial charge in [0.2, 0.25) is 5.12 Å². The van der Waals surface area contributed by atoms with Crippen LogP contribution < -0.4 is 0 Å². The van der Waals surface area contributed by atoms with Gasteiger partial charge in [-0.1, -0.05) is 6.07 Å². The molecule has 9 nitrogen and oxygen atoms in total. The van der Waals surface area contributed by atoms with Crippen molar-refractivity contribution >= 4 is 39.3 Å². The number of imidazole rings is 1. The average molecular weight is 344 g/mol. The van der Waals surface area contributed by atoms with Crippen molar-refractivity contribution in [1.82, 2.24) is 9.97 Å². The average Bonchev–Trinajstić information content (AvgIpc) is 2.96. The number of non-ortho nitro benzene ring substituents is 2. The molecule has 1 heterocycles. The molecule has 2 aromatic carbocycles. The molecular formula is C14H8N4O5S. The van der Waals surface area contributed by atoms with Crippen LogP contribution in [0.2, 0.25) is 0 Å². The number of aromatic amines is 1. The van der Waals surface area contributed by atoms with Gasteiger partial charge < -0.3 is 4.98 Å². The predicted octanol–water partition coefficient (Wildman–Crippen LogP) is 3.31. The first kappa shape index (κ1) is 15.6. The van der Waals surface area contributed by atoms with Crippen molar-refractivity contribution < 1.29 is 14.6 Å². The highest BCUT2D eigenvalue weighted by atomic mass is 32.2. The van der Waals surface area contributed by atoms with Crippen LogP contribution >= 0.6 is 11.8 Å². The molecule has 0 aliphatic carbocycles. The van der Waals surface area contributed by atoms with E-state index in [9.17, 15) is 25.0 Å². The Morgan fingerprint density at radius 1 is 1.04 bits per heavy atom. The first-order valence-corrected chi connectivity index (χ1v) is 7.36. The smallest absolute Gasteiger partial charge is 0.271 e. The van der Waals surface area contributed by atoms with E-state index in [0.717, 1.165) is 11.8 Å². The monoisotopic (exact) mass is 344 g/mol. The van der Waals surface area contributed by atoms with Gasteiger partial charge in [0, 0.05) is 29.8 Å². The summed E-state index contributed by atoms with van der Waals surface area (Å²) in [6, 6.07) is 9.49. The fourth-order valence-electron chi connectivity index (χ4n) is 2.03. The molecule has 0 aliphatic rings. The zero-order valence-electron chi connectivity index (χ0n) is 11.8. The molecule has 24 heavy (non-hydrogen) atoms. The number of nitro groups is 2. The minimum Gasteiger partial charge on any atom is -0.332 e. The highest BCUT2D eigenvalue weighted by Gasteiger charge is 2.16. The number of nitrogens with one attached hydrogen (secondary N) is 1. The van der Waals surface area contributed by atoms with Crippen LogP contribution in [-0.4, -0.2) is 24.9 Å². The lowest BCUT2D eigenvalue weighted by Crippen LogP contribution is -1.96. The van der Waals surface area contributed by atoms with Crippen LogP contribution in [-0.2, 0) is 0 Å². The Kier molecular flexibility index (Phi) is 3.96. The molecule has 0 aliphatic heterocycles. The normalized spacial score (nSPS) is 10.7. The third-order valence-corrected chi connectivity index (χ3v) is 3.94. The maximum atomic E-state index is 12.2. The number of fused-ring (bicyclic) bond motifs is 1. The van der Waals surface area contributed by atoms with Crippen molar-refractivity contribution in [3.05, 3.63) is 68.3 Å². The maximum absolute atomic E-state index is 12.2. The Morgan fingerprint density at radius 2 is 1.75 bits per heavy atom. The van der Waals surface area contributed by atoms with Gasteiger partial charge in [0.25, 0.3) is 11.4 Å². The summed E-state index contributed by atoms with van der Waals surface area (Å²) in [5.74, 6) is 0. The molecule has 1 N–H and O–H groups in total. The summed E-state index contributed by atoms with van der Waals surface area (Å²) >= 11 is 0.759. The van der Waals surface area contributed by atoms with E-state index < -0.39 is 15.0 Å². The Labute approximate surface area is 138 Å². The molecule has 0 bridgehead atoms. The van der Waals surface area contributed by atoms with E-state index in [1.54, 1.807) is 0 Å². The second-order valence-electron chi connectivity index (χ2n) is 4.70. The summed E-state index contributed by atoms with van der Waals surface area (Å²) in [7, 11) is 0. The Bertz CT molecular complexity index is 984. The van der Waals surface area contributed by atoms with Crippen LogP contribution in [0.5, 0.6) is 0 Å². The van der Waals surface area contributed by atoms with Crippen LogP contribution in [0.3, 0.4) is 0 Å². The lowest BCUT2D eigenvalue weighted by Gasteiger charge is -1.98. The number of benzene rings is 2. The van der Waals surface area contributed by atoms with Crippen molar-refractivity contribution in [2.75, 3.05) is 0 Å². The predicted molar refractivity (Wildman–Crippen MR) is 86.0 cm³/mol. The topological polar surface area (TPSA) is 132 Å². The Balaban J connectivity index is 1.86. The van der Waals surface area contributed by atoms with Crippen LogP contribution in [0, 0.1) is 20.2 Å². The van der Waals surface area contributed by atoms with Crippen molar-refractivity contribution in [3.63, 3.8) is 0 Å². The quantitative estimate of drug-likeness (QED) is 0.436. The van der Waals surface area contributed by atoms with E-state index in [-0.39, 0.29) is 22.1 Å². The molecule has 0 spiro atoms. The highest BCUT2D eigenvalue weighted by molar-refractivity contribution is 8.14. The van der Waals surface area contributed by atoms with E-state index in [0.29, 0.717) is 11.0 Å². The number of hydrogen-bond acceptors (Lipinski definition) is 7. The van der Waals surface area contributed by atoms with Crippen LogP contribution in [0.4, 0.5) is 11.4 Å². The van der Waals surface area contributed by atoms with E-state index in [4.69, 9.17) is 0 Å².